The van der Waals surface area contributed by atoms with Gasteiger partial charge in [0.1, 0.15) is 0 Å². The van der Waals surface area contributed by atoms with Crippen LogP contribution in [0.2, 0.25) is 0 Å². The van der Waals surface area contributed by atoms with Gasteiger partial charge in [-0.3, -0.25) is 9.59 Å². The molecule has 9 heteroatoms. The zero-order chi connectivity index (χ0) is 30.3. The number of hydrogen-bond donors (Lipinski definition) is 2. The van der Waals surface area contributed by atoms with E-state index in [1.54, 1.807) is 12.2 Å². The summed E-state index contributed by atoms with van der Waals surface area (Å²) in [4.78, 5) is 42.7. The molecule has 8 nitrogen and oxygen atoms in total. The van der Waals surface area contributed by atoms with Gasteiger partial charge in [0.05, 0.1) is 0 Å². The Labute approximate surface area is 269 Å². The molecule has 218 valence electrons. The van der Waals surface area contributed by atoms with Gasteiger partial charge in [-0.05, 0) is 51.7 Å². The molecular weight excluding hydrogens is 729 g/mol. The number of nitrogens with zero attached hydrogens (tertiary/aromatic N) is 4. The van der Waals surface area contributed by atoms with Crippen molar-refractivity contribution in [2.45, 2.75) is 53.4 Å². The van der Waals surface area contributed by atoms with Crippen LogP contribution in [0, 0.1) is 27.7 Å². The predicted molar refractivity (Wildman–Crippen MR) is 163 cm³/mol. The molecule has 4 aromatic heterocycles. The monoisotopic (exact) mass is 762 g/mol. The number of carboxylic acids is 2. The van der Waals surface area contributed by atoms with E-state index in [4.69, 9.17) is 19.9 Å². The van der Waals surface area contributed by atoms with Crippen LogP contribution in [0.5, 0.6) is 0 Å². The largest absolute Gasteiger partial charge is 0.657 e. The first kappa shape index (κ1) is 31.9. The molecule has 43 heavy (non-hydrogen) atoms. The second kappa shape index (κ2) is 12.7. The van der Waals surface area contributed by atoms with Crippen LogP contribution in [0.25, 0.3) is 36.5 Å². The summed E-state index contributed by atoms with van der Waals surface area (Å²) >= 11 is 0. The fraction of sp³-hybridized carbons (Fsp3) is 0.235. The van der Waals surface area contributed by atoms with Gasteiger partial charge in [0.2, 0.25) is 0 Å². The van der Waals surface area contributed by atoms with Crippen molar-refractivity contribution in [1.82, 2.24) is 19.9 Å². The van der Waals surface area contributed by atoms with Crippen LogP contribution < -0.4 is 41.3 Å². The first-order valence-electron chi connectivity index (χ1n) is 13.8. The first-order valence-corrected chi connectivity index (χ1v) is 13.8. The number of aromatic nitrogens is 4. The number of aliphatic carboxylic acids is 2. The number of carbonyl (C=O) groups is 2. The molecule has 8 bridgehead atoms. The quantitative estimate of drug-likeness (QED) is 0.229. The van der Waals surface area contributed by atoms with Crippen molar-refractivity contribution in [2.24, 2.45) is 0 Å². The Kier molecular flexibility index (Phi) is 9.40. The number of fused-ring (bicyclic) bond motifs is 8. The molecule has 1 aliphatic rings. The Bertz CT molecular complexity index is 2030. The maximum absolute atomic E-state index is 11.5. The summed E-state index contributed by atoms with van der Waals surface area (Å²) in [6, 6.07) is 0. The molecule has 0 saturated carbocycles. The minimum atomic E-state index is -0.898. The fourth-order valence-electron chi connectivity index (χ4n) is 5.61. The minimum Gasteiger partial charge on any atom is -0.657 e. The maximum atomic E-state index is 11.5. The van der Waals surface area contributed by atoms with E-state index in [0.717, 1.165) is 60.9 Å². The van der Waals surface area contributed by atoms with Gasteiger partial charge in [-0.15, -0.1) is 44.2 Å². The van der Waals surface area contributed by atoms with E-state index in [9.17, 15) is 19.8 Å². The van der Waals surface area contributed by atoms with E-state index in [-0.39, 0.29) is 40.5 Å². The number of rotatable bonds is 8. The fourth-order valence-corrected chi connectivity index (χ4v) is 5.61. The normalized spacial score (nSPS) is 15.0. The Morgan fingerprint density at radius 2 is 1.09 bits per heavy atom. The molecule has 0 aliphatic carbocycles. The van der Waals surface area contributed by atoms with Crippen molar-refractivity contribution in [3.8, 4) is 0 Å². The van der Waals surface area contributed by atoms with E-state index in [1.807, 2.05) is 52.0 Å². The first-order chi connectivity index (χ1) is 20.0. The molecule has 0 saturated heterocycles. The molecule has 0 atom stereocenters. The van der Waals surface area contributed by atoms with Gasteiger partial charge < -0.3 is 30.1 Å². The molecule has 0 fully saturated rings. The van der Waals surface area contributed by atoms with Crippen molar-refractivity contribution >= 4 is 48.4 Å². The number of hydrogen-bond acceptors (Lipinski definition) is 2. The third kappa shape index (κ3) is 6.06. The molecule has 0 spiro atoms. The molecule has 0 amide bonds. The predicted octanol–water partition coefficient (Wildman–Crippen LogP) is 1.70. The summed E-state index contributed by atoms with van der Waals surface area (Å²) in [7, 11) is 0. The van der Waals surface area contributed by atoms with Gasteiger partial charge in [0.25, 0.3) is 0 Å². The summed E-state index contributed by atoms with van der Waals surface area (Å²) < 4.78 is 0. The van der Waals surface area contributed by atoms with Gasteiger partial charge in [0.15, 0.2) is 0 Å². The van der Waals surface area contributed by atoms with Gasteiger partial charge in [-0.1, -0.05) is 83.0 Å². The van der Waals surface area contributed by atoms with E-state index >= 15 is 0 Å². The Balaban J connectivity index is 0.00000423. The van der Waals surface area contributed by atoms with Gasteiger partial charge in [-0.25, -0.2) is 0 Å². The average Bonchev–Trinajstić information content (AvgIpc) is 3.59. The summed E-state index contributed by atoms with van der Waals surface area (Å²) in [6.45, 7) is 15.9. The van der Waals surface area contributed by atoms with Crippen LogP contribution >= 0.6 is 0 Å². The third-order valence-corrected chi connectivity index (χ3v) is 8.06. The second-order valence-electron chi connectivity index (χ2n) is 10.6. The third-order valence-electron chi connectivity index (χ3n) is 8.06. The minimum absolute atomic E-state index is 0. The van der Waals surface area contributed by atoms with Crippen LogP contribution in [0.15, 0.2) is 13.2 Å². The van der Waals surface area contributed by atoms with Crippen LogP contribution in [-0.4, -0.2) is 22.2 Å². The average molecular weight is 761 g/mol. The SMILES string of the molecule is C=Cc1c2[n-]c(c1C)/C=c1\[n-]/c(c(C)c1C=C)=C\c1[n-]c(c(CCC(=O)O)c1C)/C=c1\[n-]/c(c(C)c1CCC(=O)O)=C\2.[Hg]. The van der Waals surface area contributed by atoms with Crippen molar-refractivity contribution in [3.05, 3.63) is 102 Å². The molecule has 1 aliphatic heterocycles. The molecule has 0 radical (unpaired) electrons. The topological polar surface area (TPSA) is 131 Å². The van der Waals surface area contributed by atoms with Gasteiger partial charge in [0, 0.05) is 40.5 Å². The smallest absolute Gasteiger partial charge is 0.303 e. The van der Waals surface area contributed by atoms with Gasteiger partial charge >= 0.3 is 11.9 Å². The van der Waals surface area contributed by atoms with Crippen molar-refractivity contribution in [2.75, 3.05) is 0 Å². The van der Waals surface area contributed by atoms with Crippen molar-refractivity contribution in [3.63, 3.8) is 0 Å². The van der Waals surface area contributed by atoms with Crippen molar-refractivity contribution in [1.29, 1.82) is 0 Å². The molecule has 5 heterocycles. The summed E-state index contributed by atoms with van der Waals surface area (Å²) in [6.07, 6.45) is 11.7. The zero-order valence-electron chi connectivity index (χ0n) is 24.9. The van der Waals surface area contributed by atoms with Crippen molar-refractivity contribution < 1.29 is 47.5 Å². The maximum Gasteiger partial charge on any atom is 0.303 e. The molecule has 2 N–H and O–H groups in total. The Morgan fingerprint density at radius 1 is 0.605 bits per heavy atom. The van der Waals surface area contributed by atoms with Crippen LogP contribution in [0.3, 0.4) is 0 Å². The van der Waals surface area contributed by atoms with E-state index < -0.39 is 11.9 Å². The molecule has 4 aromatic rings. The molecular formula is C34H32HgN4O4-4. The van der Waals surface area contributed by atoms with E-state index in [1.165, 1.54) is 0 Å². The molecule has 0 unspecified atom stereocenters. The van der Waals surface area contributed by atoms with E-state index in [0.29, 0.717) is 40.6 Å². The summed E-state index contributed by atoms with van der Waals surface area (Å²) in [5.41, 5.74) is 9.84. The molecule has 5 rings (SSSR count). The standard InChI is InChI=1S/C34H32N4O4.Hg/c1-7-21-17(3)25-13-26-19(5)23(9-11-33(39)40)31(37-26)16-32-24(10-12-34(41)42)20(6)28(38-32)15-30-22(8-2)18(4)27(36-30)14-29(21)35-25;/h7-8,13-16H,1-2,9-12H2,3-6H3,(H,39,40)(H,41,42);/q-4;/b25-13-,26-13?,27-14?,28-15-,29-14-,30-15?,31-16?,32-16-;. The van der Waals surface area contributed by atoms with E-state index in [2.05, 4.69) is 13.2 Å². The van der Waals surface area contributed by atoms with Crippen LogP contribution in [-0.2, 0) is 50.1 Å². The Morgan fingerprint density at radius 3 is 1.72 bits per heavy atom. The second-order valence-corrected chi connectivity index (χ2v) is 10.6. The van der Waals surface area contributed by atoms with Crippen LogP contribution in [0.1, 0.15) is 80.1 Å². The Hall–Kier alpha value is -4.04. The number of carboxylic acid groups (broad SMARTS) is 2. The van der Waals surface area contributed by atoms with Gasteiger partial charge in [-0.2, -0.15) is 0 Å². The summed E-state index contributed by atoms with van der Waals surface area (Å²) in [5.74, 6) is -1.80. The van der Waals surface area contributed by atoms with Crippen LogP contribution in [0.4, 0.5) is 0 Å². The zero-order valence-corrected chi connectivity index (χ0v) is 30.4. The summed E-state index contributed by atoms with van der Waals surface area (Å²) in [5, 5.41) is 21.7. The molecule has 0 aromatic carbocycles.